The minimum atomic E-state index is -3.52. The highest BCUT2D eigenvalue weighted by atomic mass is 35.5. The fourth-order valence-corrected chi connectivity index (χ4v) is 3.07. The van der Waals surface area contributed by atoms with Gasteiger partial charge in [-0.2, -0.15) is 0 Å². The zero-order valence-corrected chi connectivity index (χ0v) is 19.2. The van der Waals surface area contributed by atoms with Gasteiger partial charge in [0, 0.05) is 6.26 Å². The summed E-state index contributed by atoms with van der Waals surface area (Å²) < 4.78 is 51.7. The van der Waals surface area contributed by atoms with Gasteiger partial charge in [-0.3, -0.25) is 4.79 Å². The Hall–Kier alpha value is -2.11. The van der Waals surface area contributed by atoms with E-state index in [-0.39, 0.29) is 17.1 Å². The summed E-state index contributed by atoms with van der Waals surface area (Å²) in [5, 5.41) is 2.19. The molecule has 0 bridgehead atoms. The SMILES string of the molecule is CCOC(=O)[C@H](C)OC(=O)O[C@H](c1ccc(S(C)(=O)=O)cc1)[C@@H](CF)NC(=O)C(Cl)Cl. The standard InChI is InChI=1S/C18H22Cl2FNO8S/c1-4-28-17(24)10(2)29-18(25)30-14(13(9-21)22-16(23)15(19)20)11-5-7-12(8-6-11)31(3,26)27/h5-8,10,13-15H,4,9H2,1-3H3,(H,22,23)/t10-,13+,14+/m0/s1. The van der Waals surface area contributed by atoms with Gasteiger partial charge in [-0.15, -0.1) is 0 Å². The molecule has 0 saturated carbocycles. The summed E-state index contributed by atoms with van der Waals surface area (Å²) in [5.74, 6) is -1.77. The lowest BCUT2D eigenvalue weighted by Crippen LogP contribution is -2.44. The van der Waals surface area contributed by atoms with E-state index < -0.39 is 57.6 Å². The van der Waals surface area contributed by atoms with Crippen molar-refractivity contribution in [3.05, 3.63) is 29.8 Å². The van der Waals surface area contributed by atoms with Crippen molar-refractivity contribution in [1.29, 1.82) is 0 Å². The Balaban J connectivity index is 3.16. The van der Waals surface area contributed by atoms with Gasteiger partial charge in [-0.1, -0.05) is 35.3 Å². The molecule has 0 fully saturated rings. The molecule has 174 valence electrons. The highest BCUT2D eigenvalue weighted by Crippen LogP contribution is 2.25. The van der Waals surface area contributed by atoms with Gasteiger partial charge in [-0.25, -0.2) is 22.4 Å². The van der Waals surface area contributed by atoms with Crippen LogP contribution in [-0.2, 0) is 33.6 Å². The molecule has 0 aliphatic carbocycles. The number of benzene rings is 1. The van der Waals surface area contributed by atoms with Crippen molar-refractivity contribution in [2.75, 3.05) is 19.5 Å². The first-order chi connectivity index (χ1) is 14.4. The normalized spacial score (nSPS) is 14.3. The Labute approximate surface area is 189 Å². The van der Waals surface area contributed by atoms with E-state index in [0.717, 1.165) is 6.26 Å². The molecule has 0 unspecified atom stereocenters. The summed E-state index contributed by atoms with van der Waals surface area (Å²) >= 11 is 10.9. The molecule has 31 heavy (non-hydrogen) atoms. The summed E-state index contributed by atoms with van der Waals surface area (Å²) in [5.41, 5.74) is 0.136. The van der Waals surface area contributed by atoms with Crippen molar-refractivity contribution in [3.8, 4) is 0 Å². The van der Waals surface area contributed by atoms with E-state index in [1.54, 1.807) is 6.92 Å². The monoisotopic (exact) mass is 501 g/mol. The Kier molecular flexibility index (Phi) is 10.5. The molecule has 1 amide bonds. The molecular formula is C18H22Cl2FNO8S. The fourth-order valence-electron chi connectivity index (χ4n) is 2.31. The lowest BCUT2D eigenvalue weighted by molar-refractivity contribution is -0.154. The Bertz CT molecular complexity index is 879. The third-order valence-electron chi connectivity index (χ3n) is 3.81. The molecule has 3 atom stereocenters. The molecule has 1 N–H and O–H groups in total. The Morgan fingerprint density at radius 1 is 1.13 bits per heavy atom. The van der Waals surface area contributed by atoms with Gasteiger partial charge in [0.2, 0.25) is 0 Å². The van der Waals surface area contributed by atoms with Gasteiger partial charge in [0.05, 0.1) is 17.5 Å². The van der Waals surface area contributed by atoms with E-state index >= 15 is 0 Å². The highest BCUT2D eigenvalue weighted by molar-refractivity contribution is 7.90. The number of hydrogen-bond donors (Lipinski definition) is 1. The van der Waals surface area contributed by atoms with Crippen LogP contribution in [-0.4, -0.2) is 63.0 Å². The first kappa shape index (κ1) is 26.9. The first-order valence-corrected chi connectivity index (χ1v) is 11.7. The molecule has 9 nitrogen and oxygen atoms in total. The Morgan fingerprint density at radius 3 is 2.16 bits per heavy atom. The predicted molar refractivity (Wildman–Crippen MR) is 109 cm³/mol. The number of esters is 1. The van der Waals surface area contributed by atoms with Crippen LogP contribution in [0.15, 0.2) is 29.2 Å². The number of hydrogen-bond acceptors (Lipinski definition) is 8. The van der Waals surface area contributed by atoms with Crippen molar-refractivity contribution < 1.29 is 41.4 Å². The molecule has 13 heteroatoms. The summed E-state index contributed by atoms with van der Waals surface area (Å²) in [6, 6.07) is 3.54. The van der Waals surface area contributed by atoms with Crippen LogP contribution in [0.1, 0.15) is 25.5 Å². The largest absolute Gasteiger partial charge is 0.509 e. The van der Waals surface area contributed by atoms with Crippen molar-refractivity contribution in [3.63, 3.8) is 0 Å². The predicted octanol–water partition coefficient (Wildman–Crippen LogP) is 2.49. The molecule has 0 heterocycles. The molecule has 1 rings (SSSR count). The first-order valence-electron chi connectivity index (χ1n) is 8.89. The number of carbonyl (C=O) groups excluding carboxylic acids is 3. The maximum atomic E-state index is 13.7. The van der Waals surface area contributed by atoms with Crippen LogP contribution in [0.3, 0.4) is 0 Å². The van der Waals surface area contributed by atoms with Crippen molar-refractivity contribution in [1.82, 2.24) is 5.32 Å². The lowest BCUT2D eigenvalue weighted by atomic mass is 10.0. The molecule has 1 aromatic carbocycles. The molecule has 0 aromatic heterocycles. The molecule has 0 spiro atoms. The minimum absolute atomic E-state index is 0.0316. The maximum absolute atomic E-state index is 13.7. The number of nitrogens with one attached hydrogen (secondary N) is 1. The van der Waals surface area contributed by atoms with Gasteiger partial charge in [-0.05, 0) is 31.5 Å². The highest BCUT2D eigenvalue weighted by Gasteiger charge is 2.32. The fraction of sp³-hybridized carbons (Fsp3) is 0.500. The van der Waals surface area contributed by atoms with Crippen molar-refractivity contribution in [2.45, 2.75) is 41.8 Å². The van der Waals surface area contributed by atoms with E-state index in [1.165, 1.54) is 31.2 Å². The van der Waals surface area contributed by atoms with Crippen LogP contribution in [0, 0.1) is 0 Å². The summed E-state index contributed by atoms with van der Waals surface area (Å²) in [6.07, 6.45) is -3.13. The average Bonchev–Trinajstić information content (AvgIpc) is 2.69. The summed E-state index contributed by atoms with van der Waals surface area (Å²) in [4.78, 5) is 34.1. The smallest absolute Gasteiger partial charge is 0.463 e. The van der Waals surface area contributed by atoms with Crippen LogP contribution < -0.4 is 5.32 Å². The van der Waals surface area contributed by atoms with Crippen LogP contribution >= 0.6 is 23.2 Å². The van der Waals surface area contributed by atoms with Gasteiger partial charge in [0.15, 0.2) is 26.9 Å². The topological polar surface area (TPSA) is 125 Å². The number of ether oxygens (including phenoxy) is 3. The number of rotatable bonds is 10. The lowest BCUT2D eigenvalue weighted by Gasteiger charge is -2.26. The maximum Gasteiger partial charge on any atom is 0.509 e. The van der Waals surface area contributed by atoms with Crippen LogP contribution in [0.25, 0.3) is 0 Å². The third-order valence-corrected chi connectivity index (χ3v) is 5.33. The number of alkyl halides is 3. The van der Waals surface area contributed by atoms with Crippen LogP contribution in [0.5, 0.6) is 0 Å². The Morgan fingerprint density at radius 2 is 1.71 bits per heavy atom. The second-order valence-electron chi connectivity index (χ2n) is 6.21. The van der Waals surface area contributed by atoms with Gasteiger partial charge in [0.25, 0.3) is 5.91 Å². The van der Waals surface area contributed by atoms with E-state index in [0.29, 0.717) is 0 Å². The molecule has 1 aromatic rings. The van der Waals surface area contributed by atoms with Gasteiger partial charge in [0.1, 0.15) is 6.67 Å². The van der Waals surface area contributed by atoms with E-state index in [9.17, 15) is 27.2 Å². The molecule has 0 saturated heterocycles. The number of amides is 1. The van der Waals surface area contributed by atoms with Gasteiger partial charge < -0.3 is 19.5 Å². The number of halogens is 3. The van der Waals surface area contributed by atoms with Crippen molar-refractivity contribution in [2.24, 2.45) is 0 Å². The summed E-state index contributed by atoms with van der Waals surface area (Å²) in [6.45, 7) is 1.67. The molecule has 0 aliphatic rings. The zero-order chi connectivity index (χ0) is 23.8. The van der Waals surface area contributed by atoms with E-state index in [1.807, 2.05) is 0 Å². The number of sulfone groups is 1. The van der Waals surface area contributed by atoms with Crippen LogP contribution in [0.2, 0.25) is 0 Å². The van der Waals surface area contributed by atoms with Gasteiger partial charge >= 0.3 is 12.1 Å². The third kappa shape index (κ3) is 8.50. The second kappa shape index (κ2) is 12.1. The zero-order valence-electron chi connectivity index (χ0n) is 16.8. The van der Waals surface area contributed by atoms with Crippen molar-refractivity contribution >= 4 is 51.1 Å². The van der Waals surface area contributed by atoms with Crippen LogP contribution in [0.4, 0.5) is 9.18 Å². The number of carbonyl (C=O) groups is 3. The quantitative estimate of drug-likeness (QED) is 0.382. The van der Waals surface area contributed by atoms with E-state index in [4.69, 9.17) is 37.4 Å². The molecule has 0 aliphatic heterocycles. The van der Waals surface area contributed by atoms with E-state index in [2.05, 4.69) is 5.32 Å². The second-order valence-corrected chi connectivity index (χ2v) is 9.32. The molecule has 0 radical (unpaired) electrons. The minimum Gasteiger partial charge on any atom is -0.463 e. The summed E-state index contributed by atoms with van der Waals surface area (Å²) in [7, 11) is -3.52. The molecular weight excluding hydrogens is 480 g/mol. The average molecular weight is 502 g/mol.